The second-order valence-corrected chi connectivity index (χ2v) is 6.34. The van der Waals surface area contributed by atoms with Crippen LogP contribution < -0.4 is 14.8 Å². The second kappa shape index (κ2) is 4.01. The predicted octanol–water partition coefficient (Wildman–Crippen LogP) is -0.285. The Morgan fingerprint density at radius 2 is 2.20 bits per heavy atom. The van der Waals surface area contributed by atoms with Gasteiger partial charge in [-0.2, -0.15) is 13.1 Å². The molecule has 2 rings (SSSR count). The number of nitrogens with one attached hydrogen (secondary N) is 3. The first-order valence-electron chi connectivity index (χ1n) is 5.51. The molecule has 6 heteroatoms. The molecule has 0 amide bonds. The van der Waals surface area contributed by atoms with Crippen molar-refractivity contribution in [3.8, 4) is 0 Å². The van der Waals surface area contributed by atoms with E-state index in [4.69, 9.17) is 0 Å². The van der Waals surface area contributed by atoms with Gasteiger partial charge in [-0.15, -0.1) is 0 Å². The average molecular weight is 233 g/mol. The highest BCUT2D eigenvalue weighted by Crippen LogP contribution is 2.20. The molecule has 5 nitrogen and oxygen atoms in total. The largest absolute Gasteiger partial charge is 0.310 e. The van der Waals surface area contributed by atoms with Crippen molar-refractivity contribution in [3.63, 3.8) is 0 Å². The minimum absolute atomic E-state index is 0.0711. The standard InChI is InChI=1S/C9H19N3O2S/c1-9(5-2-6-10-9)7-11-15(13,14)12-8-3-4-8/h8,10-12H,2-7H2,1H3. The molecule has 2 aliphatic rings. The van der Waals surface area contributed by atoms with Gasteiger partial charge in [0.15, 0.2) is 0 Å². The summed E-state index contributed by atoms with van der Waals surface area (Å²) in [6.07, 6.45) is 4.08. The molecule has 1 heterocycles. The Balaban J connectivity index is 1.80. The summed E-state index contributed by atoms with van der Waals surface area (Å²) >= 11 is 0. The van der Waals surface area contributed by atoms with Crippen molar-refractivity contribution in [1.29, 1.82) is 0 Å². The van der Waals surface area contributed by atoms with E-state index in [9.17, 15) is 8.42 Å². The molecule has 1 saturated heterocycles. The van der Waals surface area contributed by atoms with Crippen molar-refractivity contribution in [2.24, 2.45) is 0 Å². The van der Waals surface area contributed by atoms with Crippen LogP contribution in [-0.2, 0) is 10.2 Å². The van der Waals surface area contributed by atoms with E-state index >= 15 is 0 Å². The summed E-state index contributed by atoms with van der Waals surface area (Å²) in [4.78, 5) is 0. The lowest BCUT2D eigenvalue weighted by atomic mass is 10.0. The van der Waals surface area contributed by atoms with E-state index in [1.807, 2.05) is 0 Å². The molecule has 1 unspecified atom stereocenters. The van der Waals surface area contributed by atoms with Gasteiger partial charge in [-0.05, 0) is 39.2 Å². The SMILES string of the molecule is CC1(CNS(=O)(=O)NC2CC2)CCCN1. The molecular weight excluding hydrogens is 214 g/mol. The van der Waals surface area contributed by atoms with Crippen LogP contribution in [0, 0.1) is 0 Å². The van der Waals surface area contributed by atoms with Crippen LogP contribution in [0.25, 0.3) is 0 Å². The summed E-state index contributed by atoms with van der Waals surface area (Å²) in [5, 5.41) is 3.32. The lowest BCUT2D eigenvalue weighted by Crippen LogP contribution is -2.50. The summed E-state index contributed by atoms with van der Waals surface area (Å²) in [7, 11) is -3.28. The zero-order chi connectivity index (χ0) is 10.9. The first kappa shape index (κ1) is 11.3. The normalized spacial score (nSPS) is 32.1. The Labute approximate surface area is 91.2 Å². The van der Waals surface area contributed by atoms with Gasteiger partial charge < -0.3 is 5.32 Å². The van der Waals surface area contributed by atoms with Gasteiger partial charge in [0.1, 0.15) is 0 Å². The molecule has 1 aliphatic heterocycles. The second-order valence-electron chi connectivity index (χ2n) is 4.81. The quantitative estimate of drug-likeness (QED) is 0.611. The van der Waals surface area contributed by atoms with Gasteiger partial charge in [-0.1, -0.05) is 0 Å². The van der Waals surface area contributed by atoms with Crippen molar-refractivity contribution in [2.75, 3.05) is 13.1 Å². The summed E-state index contributed by atoms with van der Waals surface area (Å²) in [6, 6.07) is 0.173. The van der Waals surface area contributed by atoms with Crippen molar-refractivity contribution in [3.05, 3.63) is 0 Å². The fourth-order valence-corrected chi connectivity index (χ4v) is 3.09. The molecule has 1 aliphatic carbocycles. The highest BCUT2D eigenvalue weighted by molar-refractivity contribution is 7.87. The van der Waals surface area contributed by atoms with E-state index in [1.165, 1.54) is 0 Å². The zero-order valence-corrected chi connectivity index (χ0v) is 9.86. The maximum atomic E-state index is 11.5. The summed E-state index contributed by atoms with van der Waals surface area (Å²) in [5.41, 5.74) is -0.0711. The smallest absolute Gasteiger partial charge is 0.277 e. The Hall–Kier alpha value is -0.170. The van der Waals surface area contributed by atoms with Gasteiger partial charge in [-0.25, -0.2) is 4.72 Å². The Bertz CT molecular complexity index is 318. The molecule has 1 saturated carbocycles. The maximum absolute atomic E-state index is 11.5. The minimum atomic E-state index is -3.28. The van der Waals surface area contributed by atoms with Crippen LogP contribution in [-0.4, -0.2) is 33.1 Å². The van der Waals surface area contributed by atoms with E-state index in [0.29, 0.717) is 6.54 Å². The van der Waals surface area contributed by atoms with Crippen molar-refractivity contribution >= 4 is 10.2 Å². The van der Waals surface area contributed by atoms with Crippen LogP contribution in [0.15, 0.2) is 0 Å². The van der Waals surface area contributed by atoms with Gasteiger partial charge in [-0.3, -0.25) is 0 Å². The van der Waals surface area contributed by atoms with Gasteiger partial charge in [0.25, 0.3) is 10.2 Å². The van der Waals surface area contributed by atoms with Gasteiger partial charge >= 0.3 is 0 Å². The van der Waals surface area contributed by atoms with Gasteiger partial charge in [0.2, 0.25) is 0 Å². The highest BCUT2D eigenvalue weighted by Gasteiger charge is 2.31. The van der Waals surface area contributed by atoms with E-state index < -0.39 is 10.2 Å². The van der Waals surface area contributed by atoms with Crippen LogP contribution in [0.4, 0.5) is 0 Å². The Morgan fingerprint density at radius 3 is 2.73 bits per heavy atom. The number of rotatable bonds is 5. The van der Waals surface area contributed by atoms with Crippen molar-refractivity contribution in [1.82, 2.24) is 14.8 Å². The predicted molar refractivity (Wildman–Crippen MR) is 58.7 cm³/mol. The number of hydrogen-bond donors (Lipinski definition) is 3. The molecule has 0 spiro atoms. The summed E-state index contributed by atoms with van der Waals surface area (Å²) < 4.78 is 28.3. The van der Waals surface area contributed by atoms with E-state index in [0.717, 1.165) is 32.2 Å². The summed E-state index contributed by atoms with van der Waals surface area (Å²) in [6.45, 7) is 3.50. The lowest BCUT2D eigenvalue weighted by Gasteiger charge is -2.24. The molecule has 15 heavy (non-hydrogen) atoms. The molecule has 0 radical (unpaired) electrons. The van der Waals surface area contributed by atoms with E-state index in [2.05, 4.69) is 21.7 Å². The highest BCUT2D eigenvalue weighted by atomic mass is 32.2. The van der Waals surface area contributed by atoms with Crippen molar-refractivity contribution < 1.29 is 8.42 Å². The third kappa shape index (κ3) is 3.41. The first-order chi connectivity index (χ1) is 6.99. The van der Waals surface area contributed by atoms with Gasteiger partial charge in [0.05, 0.1) is 0 Å². The maximum Gasteiger partial charge on any atom is 0.277 e. The molecule has 88 valence electrons. The van der Waals surface area contributed by atoms with Crippen LogP contribution in [0.3, 0.4) is 0 Å². The molecule has 0 aromatic heterocycles. The third-order valence-corrected chi connectivity index (χ3v) is 4.18. The Kier molecular flexibility index (Phi) is 3.03. The average Bonchev–Trinajstić information content (AvgIpc) is 2.83. The summed E-state index contributed by atoms with van der Waals surface area (Å²) in [5.74, 6) is 0. The third-order valence-electron chi connectivity index (χ3n) is 3.01. The zero-order valence-electron chi connectivity index (χ0n) is 9.04. The van der Waals surface area contributed by atoms with Crippen LogP contribution >= 0.6 is 0 Å². The van der Waals surface area contributed by atoms with Crippen LogP contribution in [0.5, 0.6) is 0 Å². The monoisotopic (exact) mass is 233 g/mol. The van der Waals surface area contributed by atoms with E-state index in [-0.39, 0.29) is 11.6 Å². The molecular formula is C9H19N3O2S. The topological polar surface area (TPSA) is 70.2 Å². The fraction of sp³-hybridized carbons (Fsp3) is 1.00. The lowest BCUT2D eigenvalue weighted by molar-refractivity contribution is 0.408. The number of hydrogen-bond acceptors (Lipinski definition) is 3. The first-order valence-corrected chi connectivity index (χ1v) is 6.99. The molecule has 2 fully saturated rings. The fourth-order valence-electron chi connectivity index (χ4n) is 1.82. The molecule has 3 N–H and O–H groups in total. The van der Waals surface area contributed by atoms with Crippen LogP contribution in [0.2, 0.25) is 0 Å². The molecule has 0 aromatic carbocycles. The Morgan fingerprint density at radius 1 is 1.47 bits per heavy atom. The molecule has 1 atom stereocenters. The molecule has 0 aromatic rings. The van der Waals surface area contributed by atoms with Gasteiger partial charge in [0, 0.05) is 18.1 Å². The van der Waals surface area contributed by atoms with Crippen molar-refractivity contribution in [2.45, 2.75) is 44.2 Å². The van der Waals surface area contributed by atoms with E-state index in [1.54, 1.807) is 0 Å². The minimum Gasteiger partial charge on any atom is -0.310 e. The van der Waals surface area contributed by atoms with Crippen LogP contribution in [0.1, 0.15) is 32.6 Å². The molecule has 0 bridgehead atoms.